The molecule has 1 amide bonds. The number of aliphatic carboxylic acids is 1. The molecule has 8 nitrogen and oxygen atoms in total. The number of nitrogens with two attached hydrogens (primary N) is 2. The molecule has 2 rings (SSSR count). The van der Waals surface area contributed by atoms with Crippen LogP contribution in [0.15, 0.2) is 39.0 Å². The highest BCUT2D eigenvalue weighted by molar-refractivity contribution is 8.00. The van der Waals surface area contributed by atoms with E-state index in [1.807, 2.05) is 24.4 Å². The molecule has 150 valence electrons. The lowest BCUT2D eigenvalue weighted by molar-refractivity contribution is -0.139. The van der Waals surface area contributed by atoms with Crippen LogP contribution in [0, 0.1) is 6.92 Å². The number of thiazole rings is 1. The zero-order chi connectivity index (χ0) is 20.5. The molecule has 1 atom stereocenters. The van der Waals surface area contributed by atoms with Gasteiger partial charge in [-0.05, 0) is 31.4 Å². The second-order valence-corrected chi connectivity index (χ2v) is 8.09. The lowest BCUT2D eigenvalue weighted by atomic mass is 10.1. The minimum Gasteiger partial charge on any atom is -0.480 e. The van der Waals surface area contributed by atoms with Crippen molar-refractivity contribution in [2.45, 2.75) is 35.9 Å². The molecule has 1 aromatic carbocycles. The molecule has 0 spiro atoms. The zero-order valence-corrected chi connectivity index (χ0v) is 17.1. The maximum Gasteiger partial charge on any atom is 0.326 e. The van der Waals surface area contributed by atoms with E-state index >= 15 is 0 Å². The molecule has 0 fully saturated rings. The molecule has 2 aromatic rings. The Balaban J connectivity index is 2.01. The van der Waals surface area contributed by atoms with Crippen LogP contribution in [0.3, 0.4) is 0 Å². The van der Waals surface area contributed by atoms with Crippen molar-refractivity contribution < 1.29 is 14.7 Å². The van der Waals surface area contributed by atoms with Crippen LogP contribution < -0.4 is 16.8 Å². The quantitative estimate of drug-likeness (QED) is 0.199. The largest absolute Gasteiger partial charge is 0.480 e. The van der Waals surface area contributed by atoms with E-state index in [0.717, 1.165) is 15.6 Å². The third kappa shape index (κ3) is 6.86. The summed E-state index contributed by atoms with van der Waals surface area (Å²) in [4.78, 5) is 32.4. The molecule has 0 saturated carbocycles. The molecule has 1 heterocycles. The topological polar surface area (TPSA) is 144 Å². The predicted octanol–water partition coefficient (Wildman–Crippen LogP) is 1.98. The fourth-order valence-electron chi connectivity index (χ4n) is 2.40. The monoisotopic (exact) mass is 421 g/mol. The fourth-order valence-corrected chi connectivity index (χ4v) is 4.26. The average Bonchev–Trinajstić information content (AvgIpc) is 3.07. The zero-order valence-electron chi connectivity index (χ0n) is 15.4. The van der Waals surface area contributed by atoms with Gasteiger partial charge in [0, 0.05) is 28.9 Å². The van der Waals surface area contributed by atoms with Crippen LogP contribution in [0.4, 0.5) is 0 Å². The number of amides is 1. The molecule has 0 radical (unpaired) electrons. The summed E-state index contributed by atoms with van der Waals surface area (Å²) >= 11 is 3.10. The van der Waals surface area contributed by atoms with Crippen molar-refractivity contribution in [3.63, 3.8) is 0 Å². The number of hydrogen-bond acceptors (Lipinski definition) is 6. The number of rotatable bonds is 10. The number of aliphatic imine (C=N–C) groups is 1. The Kier molecular flexibility index (Phi) is 8.27. The molecule has 0 aliphatic heterocycles. The van der Waals surface area contributed by atoms with E-state index in [0.29, 0.717) is 24.3 Å². The Morgan fingerprint density at radius 1 is 1.36 bits per heavy atom. The van der Waals surface area contributed by atoms with Gasteiger partial charge in [-0.3, -0.25) is 9.79 Å². The van der Waals surface area contributed by atoms with Crippen LogP contribution in [-0.4, -0.2) is 40.5 Å². The maximum absolute atomic E-state index is 12.7. The van der Waals surface area contributed by atoms with Gasteiger partial charge < -0.3 is 21.9 Å². The first kappa shape index (κ1) is 21.7. The highest BCUT2D eigenvalue weighted by Gasteiger charge is 2.21. The Bertz CT molecular complexity index is 849. The number of aromatic nitrogens is 1. The molecule has 28 heavy (non-hydrogen) atoms. The molecule has 1 unspecified atom stereocenters. The Hall–Kier alpha value is -2.59. The van der Waals surface area contributed by atoms with Gasteiger partial charge in [-0.25, -0.2) is 9.78 Å². The van der Waals surface area contributed by atoms with E-state index in [9.17, 15) is 14.7 Å². The van der Waals surface area contributed by atoms with Gasteiger partial charge in [0.25, 0.3) is 5.91 Å². The van der Waals surface area contributed by atoms with Gasteiger partial charge >= 0.3 is 5.97 Å². The Morgan fingerprint density at radius 3 is 2.75 bits per heavy atom. The summed E-state index contributed by atoms with van der Waals surface area (Å²) in [6, 6.07) is 6.14. The van der Waals surface area contributed by atoms with Crippen molar-refractivity contribution in [2.24, 2.45) is 16.5 Å². The summed E-state index contributed by atoms with van der Waals surface area (Å²) in [5.41, 5.74) is 12.7. The second kappa shape index (κ2) is 10.7. The molecule has 0 saturated heterocycles. The second-order valence-electron chi connectivity index (χ2n) is 6.01. The molecular formula is C18H23N5O3S2. The summed E-state index contributed by atoms with van der Waals surface area (Å²) in [5, 5.41) is 14.0. The first-order chi connectivity index (χ1) is 13.4. The van der Waals surface area contributed by atoms with E-state index in [4.69, 9.17) is 11.5 Å². The summed E-state index contributed by atoms with van der Waals surface area (Å²) in [6.45, 7) is 2.24. The summed E-state index contributed by atoms with van der Waals surface area (Å²) in [5.74, 6) is -0.986. The fraction of sp³-hybridized carbons (Fsp3) is 0.333. The van der Waals surface area contributed by atoms with E-state index in [2.05, 4.69) is 15.3 Å². The van der Waals surface area contributed by atoms with Crippen LogP contribution in [0.2, 0.25) is 0 Å². The van der Waals surface area contributed by atoms with Crippen LogP contribution >= 0.6 is 23.1 Å². The lowest BCUT2D eigenvalue weighted by Gasteiger charge is -2.15. The number of nitrogens with zero attached hydrogens (tertiary/aromatic N) is 2. The van der Waals surface area contributed by atoms with Crippen molar-refractivity contribution in [3.05, 3.63) is 46.5 Å². The van der Waals surface area contributed by atoms with Gasteiger partial charge in [0.15, 0.2) is 5.96 Å². The lowest BCUT2D eigenvalue weighted by Crippen LogP contribution is -2.41. The average molecular weight is 422 g/mol. The number of guanidine groups is 1. The van der Waals surface area contributed by atoms with Crippen molar-refractivity contribution in [2.75, 3.05) is 6.54 Å². The van der Waals surface area contributed by atoms with Gasteiger partial charge in [0.2, 0.25) is 0 Å². The molecule has 6 N–H and O–H groups in total. The van der Waals surface area contributed by atoms with Crippen LogP contribution in [0.25, 0.3) is 0 Å². The third-order valence-electron chi connectivity index (χ3n) is 3.76. The highest BCUT2D eigenvalue weighted by atomic mass is 32.2. The summed E-state index contributed by atoms with van der Waals surface area (Å²) < 4.78 is 0.927. The minimum atomic E-state index is -1.09. The number of benzene rings is 1. The first-order valence-corrected chi connectivity index (χ1v) is 10.4. The number of thioether (sulfide) groups is 1. The summed E-state index contributed by atoms with van der Waals surface area (Å²) in [6.07, 6.45) is 0.670. The van der Waals surface area contributed by atoms with Gasteiger partial charge in [-0.1, -0.05) is 30.0 Å². The van der Waals surface area contributed by atoms with Gasteiger partial charge in [0.05, 0.1) is 0 Å². The number of hydrogen-bond donors (Lipinski definition) is 4. The number of carbonyl (C=O) groups excluding carboxylic acids is 1. The van der Waals surface area contributed by atoms with Crippen LogP contribution in [0.1, 0.15) is 34.5 Å². The number of carboxylic acids is 1. The number of aryl methyl sites for hydroxylation is 1. The Morgan fingerprint density at radius 2 is 2.11 bits per heavy atom. The van der Waals surface area contributed by atoms with Crippen molar-refractivity contribution in [1.29, 1.82) is 0 Å². The number of carbonyl (C=O) groups is 2. The predicted molar refractivity (Wildman–Crippen MR) is 112 cm³/mol. The van der Waals surface area contributed by atoms with Crippen molar-refractivity contribution in [3.8, 4) is 0 Å². The smallest absolute Gasteiger partial charge is 0.326 e. The maximum atomic E-state index is 12.7. The molecule has 0 bridgehead atoms. The third-order valence-corrected chi connectivity index (χ3v) is 5.95. The highest BCUT2D eigenvalue weighted by Crippen LogP contribution is 2.27. The van der Waals surface area contributed by atoms with Gasteiger partial charge in [0.1, 0.15) is 10.4 Å². The molecular weight excluding hydrogens is 398 g/mol. The number of carboxylic acid groups (broad SMARTS) is 1. The van der Waals surface area contributed by atoms with Crippen molar-refractivity contribution >= 4 is 40.9 Å². The first-order valence-electron chi connectivity index (χ1n) is 8.58. The van der Waals surface area contributed by atoms with Crippen LogP contribution in [0.5, 0.6) is 0 Å². The van der Waals surface area contributed by atoms with Crippen molar-refractivity contribution in [1.82, 2.24) is 10.3 Å². The molecule has 0 aliphatic rings. The van der Waals surface area contributed by atoms with Gasteiger partial charge in [-0.15, -0.1) is 11.3 Å². The molecule has 0 aliphatic carbocycles. The molecule has 1 aromatic heterocycles. The van der Waals surface area contributed by atoms with E-state index in [1.54, 1.807) is 35.2 Å². The number of nitrogens with one attached hydrogen (secondary N) is 1. The minimum absolute atomic E-state index is 0.0437. The Labute approximate surface area is 171 Å². The van der Waals surface area contributed by atoms with E-state index in [1.165, 1.54) is 0 Å². The van der Waals surface area contributed by atoms with Crippen LogP contribution in [-0.2, 0) is 10.5 Å². The SMILES string of the molecule is Cc1csc(SCc2ccccc2C(=O)NC(CCCN=C(N)N)C(=O)O)n1. The van der Waals surface area contributed by atoms with E-state index in [-0.39, 0.29) is 12.4 Å². The van der Waals surface area contributed by atoms with Gasteiger partial charge in [-0.2, -0.15) is 0 Å². The summed E-state index contributed by atoms with van der Waals surface area (Å²) in [7, 11) is 0. The van der Waals surface area contributed by atoms with E-state index < -0.39 is 17.9 Å². The standard InChI is InChI=1S/C18H23N5O3S2/c1-11-9-27-18(22-11)28-10-12-5-2-3-6-13(12)15(24)23-14(16(25)26)7-4-8-21-17(19)20/h2-3,5-6,9,14H,4,7-8,10H2,1H3,(H,23,24)(H,25,26)(H4,19,20,21). The molecule has 10 heteroatoms. The normalized spacial score (nSPS) is 11.6.